The van der Waals surface area contributed by atoms with E-state index in [1.54, 1.807) is 6.92 Å². The Hall–Kier alpha value is -1.85. The lowest BCUT2D eigenvalue weighted by molar-refractivity contribution is -0.167. The fourth-order valence-electron chi connectivity index (χ4n) is 4.27. The van der Waals surface area contributed by atoms with Gasteiger partial charge in [0.15, 0.2) is 0 Å². The Kier molecular flexibility index (Phi) is 9.79. The third-order valence-corrected chi connectivity index (χ3v) is 6.93. The fraction of sp³-hybridized carbons (Fsp3) is 0.808. The van der Waals surface area contributed by atoms with Gasteiger partial charge in [-0.05, 0) is 42.9 Å². The van der Waals surface area contributed by atoms with E-state index in [0.29, 0.717) is 18.4 Å². The zero-order valence-corrected chi connectivity index (χ0v) is 22.6. The Morgan fingerprint density at radius 1 is 0.844 bits per heavy atom. The molecule has 1 amide bonds. The molecule has 0 spiro atoms. The molecule has 0 rings (SSSR count). The van der Waals surface area contributed by atoms with Crippen LogP contribution in [0.2, 0.25) is 0 Å². The van der Waals surface area contributed by atoms with Crippen LogP contribution < -0.4 is 5.32 Å². The Labute approximate surface area is 195 Å². The van der Waals surface area contributed by atoms with Gasteiger partial charge in [-0.25, -0.2) is 4.79 Å². The van der Waals surface area contributed by atoms with Crippen LogP contribution >= 0.6 is 0 Å². The third kappa shape index (κ3) is 7.35. The van der Waals surface area contributed by atoms with Crippen LogP contribution in [0.5, 0.6) is 0 Å². The molecule has 0 aliphatic heterocycles. The van der Waals surface area contributed by atoms with Crippen molar-refractivity contribution in [2.75, 3.05) is 20.3 Å². The normalized spacial score (nSPS) is 16.4. The molecule has 2 atom stereocenters. The largest absolute Gasteiger partial charge is 0.469 e. The fourth-order valence-corrected chi connectivity index (χ4v) is 4.27. The number of nitrogens with one attached hydrogen (secondary N) is 1. The first kappa shape index (κ1) is 30.1. The Bertz CT molecular complexity index is 711. The van der Waals surface area contributed by atoms with Crippen molar-refractivity contribution >= 4 is 17.8 Å². The zero-order chi connectivity index (χ0) is 25.8. The van der Waals surface area contributed by atoms with E-state index in [1.807, 2.05) is 48.5 Å². The highest BCUT2D eigenvalue weighted by Crippen LogP contribution is 2.56. The first-order valence-corrected chi connectivity index (χ1v) is 11.3. The van der Waals surface area contributed by atoms with Gasteiger partial charge in [-0.2, -0.15) is 0 Å². The molecule has 6 heteroatoms. The third-order valence-electron chi connectivity index (χ3n) is 6.93. The molecule has 0 saturated heterocycles. The van der Waals surface area contributed by atoms with Crippen LogP contribution in [-0.2, 0) is 23.9 Å². The standard InChI is InChI=1S/C26H47NO5/c1-18(2)19(28)32-15-14-27-20(29)25(11,23(6,7)8)17-24(9,10)26(12,21(30)31-13)16-22(3,4)5/h1,14-17H2,2-13H3,(H,27,29). The summed E-state index contributed by atoms with van der Waals surface area (Å²) < 4.78 is 10.3. The van der Waals surface area contributed by atoms with Crippen LogP contribution in [0, 0.1) is 27.1 Å². The van der Waals surface area contributed by atoms with Gasteiger partial charge in [0, 0.05) is 5.57 Å². The maximum atomic E-state index is 13.4. The summed E-state index contributed by atoms with van der Waals surface area (Å²) in [4.78, 5) is 38.0. The quantitative estimate of drug-likeness (QED) is 0.275. The minimum absolute atomic E-state index is 0.0744. The summed E-state index contributed by atoms with van der Waals surface area (Å²) in [5.74, 6) is -0.872. The highest BCUT2D eigenvalue weighted by atomic mass is 16.5. The SMILES string of the molecule is C=C(C)C(=O)OCCNC(=O)C(C)(CC(C)(C)C(C)(CC(C)(C)C)C(=O)OC)C(C)(C)C. The molecule has 32 heavy (non-hydrogen) atoms. The molecule has 0 bridgehead atoms. The topological polar surface area (TPSA) is 81.7 Å². The number of methoxy groups -OCH3 is 1. The van der Waals surface area contributed by atoms with Gasteiger partial charge < -0.3 is 14.8 Å². The first-order valence-electron chi connectivity index (χ1n) is 11.3. The number of carbonyl (C=O) groups excluding carboxylic acids is 3. The lowest BCUT2D eigenvalue weighted by atomic mass is 9.52. The average Bonchev–Trinajstić information content (AvgIpc) is 2.60. The molecular formula is C26H47NO5. The molecule has 0 aliphatic rings. The van der Waals surface area contributed by atoms with Gasteiger partial charge in [-0.1, -0.05) is 68.9 Å². The van der Waals surface area contributed by atoms with Crippen LogP contribution in [0.15, 0.2) is 12.2 Å². The van der Waals surface area contributed by atoms with Crippen molar-refractivity contribution in [3.63, 3.8) is 0 Å². The van der Waals surface area contributed by atoms with Gasteiger partial charge in [0.25, 0.3) is 0 Å². The minimum atomic E-state index is -0.790. The summed E-state index contributed by atoms with van der Waals surface area (Å²) in [5.41, 5.74) is -2.29. The number of hydrogen-bond donors (Lipinski definition) is 1. The summed E-state index contributed by atoms with van der Waals surface area (Å²) >= 11 is 0. The monoisotopic (exact) mass is 453 g/mol. The molecule has 0 heterocycles. The van der Waals surface area contributed by atoms with E-state index in [-0.39, 0.29) is 35.9 Å². The molecule has 0 fully saturated rings. The lowest BCUT2D eigenvalue weighted by Crippen LogP contribution is -2.54. The highest BCUT2D eigenvalue weighted by molar-refractivity contribution is 5.87. The highest BCUT2D eigenvalue weighted by Gasteiger charge is 2.56. The lowest BCUT2D eigenvalue weighted by Gasteiger charge is -2.51. The molecule has 0 aromatic rings. The van der Waals surface area contributed by atoms with Crippen molar-refractivity contribution in [2.24, 2.45) is 27.1 Å². The van der Waals surface area contributed by atoms with Crippen molar-refractivity contribution in [1.29, 1.82) is 0 Å². The number of carbonyl (C=O) groups is 3. The predicted octanol–water partition coefficient (Wildman–Crippen LogP) is 5.31. The summed E-state index contributed by atoms with van der Waals surface area (Å²) in [6.07, 6.45) is 1.10. The second-order valence-corrected chi connectivity index (χ2v) is 12.4. The van der Waals surface area contributed by atoms with E-state index in [2.05, 4.69) is 32.7 Å². The molecule has 186 valence electrons. The average molecular weight is 454 g/mol. The minimum Gasteiger partial charge on any atom is -0.469 e. The smallest absolute Gasteiger partial charge is 0.333 e. The van der Waals surface area contributed by atoms with Crippen LogP contribution in [0.3, 0.4) is 0 Å². The maximum Gasteiger partial charge on any atom is 0.333 e. The second kappa shape index (κ2) is 10.4. The Balaban J connectivity index is 5.88. The molecule has 2 unspecified atom stereocenters. The Morgan fingerprint density at radius 2 is 1.34 bits per heavy atom. The number of hydrogen-bond acceptors (Lipinski definition) is 5. The summed E-state index contributed by atoms with van der Waals surface area (Å²) in [6.45, 7) is 25.8. The molecule has 6 nitrogen and oxygen atoms in total. The van der Waals surface area contributed by atoms with Crippen LogP contribution in [0.25, 0.3) is 0 Å². The number of amides is 1. The predicted molar refractivity (Wildman–Crippen MR) is 129 cm³/mol. The summed E-state index contributed by atoms with van der Waals surface area (Å²) in [5, 5.41) is 2.93. The molecule has 0 aromatic carbocycles. The molecule has 0 radical (unpaired) electrons. The molecule has 0 saturated carbocycles. The number of rotatable bonds is 10. The number of ether oxygens (including phenoxy) is 2. The molecule has 0 aromatic heterocycles. The van der Waals surface area contributed by atoms with Crippen LogP contribution in [0.1, 0.15) is 89.0 Å². The maximum absolute atomic E-state index is 13.4. The van der Waals surface area contributed by atoms with Crippen molar-refractivity contribution in [3.05, 3.63) is 12.2 Å². The van der Waals surface area contributed by atoms with E-state index in [1.165, 1.54) is 7.11 Å². The Morgan fingerprint density at radius 3 is 1.72 bits per heavy atom. The number of esters is 2. The van der Waals surface area contributed by atoms with E-state index in [0.717, 1.165) is 0 Å². The van der Waals surface area contributed by atoms with E-state index >= 15 is 0 Å². The van der Waals surface area contributed by atoms with Gasteiger partial charge >= 0.3 is 11.9 Å². The van der Waals surface area contributed by atoms with Crippen molar-refractivity contribution in [1.82, 2.24) is 5.32 Å². The van der Waals surface area contributed by atoms with Gasteiger partial charge in [0.1, 0.15) is 6.61 Å². The summed E-state index contributed by atoms with van der Waals surface area (Å²) in [6, 6.07) is 0. The van der Waals surface area contributed by atoms with Gasteiger partial charge in [-0.3, -0.25) is 9.59 Å². The van der Waals surface area contributed by atoms with Crippen LogP contribution in [0.4, 0.5) is 0 Å². The van der Waals surface area contributed by atoms with Crippen molar-refractivity contribution < 1.29 is 23.9 Å². The van der Waals surface area contributed by atoms with Crippen molar-refractivity contribution in [2.45, 2.75) is 89.0 Å². The zero-order valence-electron chi connectivity index (χ0n) is 22.6. The summed E-state index contributed by atoms with van der Waals surface area (Å²) in [7, 11) is 1.42. The first-order chi connectivity index (χ1) is 14.1. The van der Waals surface area contributed by atoms with E-state index in [4.69, 9.17) is 9.47 Å². The van der Waals surface area contributed by atoms with Crippen molar-refractivity contribution in [3.8, 4) is 0 Å². The van der Waals surface area contributed by atoms with Gasteiger partial charge in [0.2, 0.25) is 5.91 Å². The van der Waals surface area contributed by atoms with Gasteiger partial charge in [0.05, 0.1) is 24.5 Å². The van der Waals surface area contributed by atoms with E-state index in [9.17, 15) is 14.4 Å². The molecular weight excluding hydrogens is 406 g/mol. The molecule has 0 aliphatic carbocycles. The second-order valence-electron chi connectivity index (χ2n) is 12.4. The van der Waals surface area contributed by atoms with E-state index < -0.39 is 22.2 Å². The van der Waals surface area contributed by atoms with Crippen LogP contribution in [-0.4, -0.2) is 38.1 Å². The van der Waals surface area contributed by atoms with Gasteiger partial charge in [-0.15, -0.1) is 0 Å². The molecule has 1 N–H and O–H groups in total.